The predicted octanol–water partition coefficient (Wildman–Crippen LogP) is 6.58. The maximum Gasteiger partial charge on any atom is 0.316 e. The topological polar surface area (TPSA) is 63.2 Å². The van der Waals surface area contributed by atoms with Crippen LogP contribution in [0.5, 0.6) is 17.2 Å². The molecule has 3 aromatic carbocycles. The van der Waals surface area contributed by atoms with Crippen molar-refractivity contribution in [3.05, 3.63) is 89.5 Å². The van der Waals surface area contributed by atoms with Crippen molar-refractivity contribution < 1.29 is 28.5 Å². The smallest absolute Gasteiger partial charge is 0.316 e. The van der Waals surface area contributed by atoms with Gasteiger partial charge in [-0.25, -0.2) is 0 Å². The van der Waals surface area contributed by atoms with Gasteiger partial charge in [0.2, 0.25) is 0 Å². The van der Waals surface area contributed by atoms with Crippen LogP contribution >= 0.6 is 0 Å². The van der Waals surface area contributed by atoms with Gasteiger partial charge in [-0.2, -0.15) is 0 Å². The largest absolute Gasteiger partial charge is 0.468 e. The van der Waals surface area contributed by atoms with Gasteiger partial charge in [0.1, 0.15) is 17.2 Å². The Hall–Kier alpha value is -3.61. The number of hydrogen-bond acceptors (Lipinski definition) is 6. The molecule has 0 aliphatic heterocycles. The van der Waals surface area contributed by atoms with Crippen LogP contribution in [0.2, 0.25) is 0 Å². The molecule has 0 atom stereocenters. The lowest BCUT2D eigenvalue weighted by molar-refractivity contribution is -0.143. The SMILES string of the molecule is COCOc1ccc(C(=C(C)c2ccc(OC(=O)C(C)(C)C)cc2)c2ccc(OCOC)cc2)cc1. The number of hydrogen-bond donors (Lipinski definition) is 0. The Morgan fingerprint density at radius 3 is 1.42 bits per heavy atom. The molecule has 0 bridgehead atoms. The van der Waals surface area contributed by atoms with Gasteiger partial charge < -0.3 is 23.7 Å². The molecule has 0 aliphatic carbocycles. The summed E-state index contributed by atoms with van der Waals surface area (Å²) in [5.74, 6) is 1.71. The van der Waals surface area contributed by atoms with Gasteiger partial charge in [-0.05, 0) is 91.9 Å². The second kappa shape index (κ2) is 12.4. The highest BCUT2D eigenvalue weighted by Crippen LogP contribution is 2.34. The number of rotatable bonds is 10. The minimum atomic E-state index is -0.570. The summed E-state index contributed by atoms with van der Waals surface area (Å²) in [5.41, 5.74) is 4.64. The first-order valence-corrected chi connectivity index (χ1v) is 11.7. The van der Waals surface area contributed by atoms with Crippen molar-refractivity contribution in [2.24, 2.45) is 5.41 Å². The third-order valence-corrected chi connectivity index (χ3v) is 5.46. The molecule has 0 spiro atoms. The first kappa shape index (κ1) is 27.0. The highest BCUT2D eigenvalue weighted by molar-refractivity contribution is 5.98. The van der Waals surface area contributed by atoms with E-state index in [1.54, 1.807) is 14.2 Å². The molecule has 0 aromatic heterocycles. The summed E-state index contributed by atoms with van der Waals surface area (Å²) in [4.78, 5) is 12.2. The molecule has 0 N–H and O–H groups in total. The minimum absolute atomic E-state index is 0.191. The van der Waals surface area contributed by atoms with Gasteiger partial charge in [0.25, 0.3) is 0 Å². The van der Waals surface area contributed by atoms with Crippen LogP contribution in [0, 0.1) is 5.41 Å². The molecule has 0 saturated carbocycles. The highest BCUT2D eigenvalue weighted by atomic mass is 16.7. The lowest BCUT2D eigenvalue weighted by Crippen LogP contribution is -2.25. The first-order chi connectivity index (χ1) is 17.2. The van der Waals surface area contributed by atoms with E-state index < -0.39 is 5.41 Å². The molecule has 0 amide bonds. The van der Waals surface area contributed by atoms with Crippen LogP contribution in [0.15, 0.2) is 72.8 Å². The van der Waals surface area contributed by atoms with Crippen LogP contribution in [-0.4, -0.2) is 33.8 Å². The predicted molar refractivity (Wildman–Crippen MR) is 141 cm³/mol. The van der Waals surface area contributed by atoms with Gasteiger partial charge in [-0.15, -0.1) is 0 Å². The molecule has 3 rings (SSSR count). The Bertz CT molecular complexity index is 1100. The van der Waals surface area contributed by atoms with E-state index in [-0.39, 0.29) is 19.6 Å². The number of carbonyl (C=O) groups excluding carboxylic acids is 1. The van der Waals surface area contributed by atoms with Crippen molar-refractivity contribution in [3.8, 4) is 17.2 Å². The Morgan fingerprint density at radius 1 is 0.639 bits per heavy atom. The Labute approximate surface area is 213 Å². The highest BCUT2D eigenvalue weighted by Gasteiger charge is 2.23. The Balaban J connectivity index is 1.98. The van der Waals surface area contributed by atoms with E-state index in [9.17, 15) is 4.79 Å². The Kier molecular flexibility index (Phi) is 9.28. The van der Waals surface area contributed by atoms with E-state index in [1.807, 2.05) is 93.6 Å². The van der Waals surface area contributed by atoms with E-state index in [2.05, 4.69) is 6.92 Å². The molecule has 0 saturated heterocycles. The van der Waals surface area contributed by atoms with E-state index in [0.29, 0.717) is 5.75 Å². The second-order valence-electron chi connectivity index (χ2n) is 9.31. The fraction of sp³-hybridized carbons (Fsp3) is 0.300. The number of methoxy groups -OCH3 is 2. The third-order valence-electron chi connectivity index (χ3n) is 5.46. The molecule has 3 aromatic rings. The van der Waals surface area contributed by atoms with Crippen molar-refractivity contribution in [1.82, 2.24) is 0 Å². The number of esters is 1. The summed E-state index contributed by atoms with van der Waals surface area (Å²) in [6.45, 7) is 7.96. The van der Waals surface area contributed by atoms with Crippen molar-refractivity contribution in [3.63, 3.8) is 0 Å². The molecular formula is C30H34O6. The summed E-state index contributed by atoms with van der Waals surface area (Å²) in [6.07, 6.45) is 0. The number of ether oxygens (including phenoxy) is 5. The zero-order valence-electron chi connectivity index (χ0n) is 21.8. The summed E-state index contributed by atoms with van der Waals surface area (Å²) >= 11 is 0. The van der Waals surface area contributed by atoms with Crippen molar-refractivity contribution in [2.45, 2.75) is 27.7 Å². The average molecular weight is 491 g/mol. The number of allylic oxidation sites excluding steroid dienone is 1. The monoisotopic (exact) mass is 490 g/mol. The Morgan fingerprint density at radius 2 is 1.03 bits per heavy atom. The van der Waals surface area contributed by atoms with Crippen LogP contribution in [0.25, 0.3) is 11.1 Å². The summed E-state index contributed by atoms with van der Waals surface area (Å²) in [5, 5.41) is 0. The van der Waals surface area contributed by atoms with E-state index >= 15 is 0 Å². The van der Waals surface area contributed by atoms with Crippen LogP contribution in [-0.2, 0) is 14.3 Å². The molecule has 0 fully saturated rings. The summed E-state index contributed by atoms with van der Waals surface area (Å²) in [6, 6.07) is 23.4. The second-order valence-corrected chi connectivity index (χ2v) is 9.31. The molecule has 6 heteroatoms. The molecule has 0 heterocycles. The molecular weight excluding hydrogens is 456 g/mol. The van der Waals surface area contributed by atoms with Gasteiger partial charge >= 0.3 is 5.97 Å². The summed E-state index contributed by atoms with van der Waals surface area (Å²) < 4.78 is 26.6. The van der Waals surface area contributed by atoms with Crippen LogP contribution in [0.3, 0.4) is 0 Å². The summed E-state index contributed by atoms with van der Waals surface area (Å²) in [7, 11) is 3.18. The van der Waals surface area contributed by atoms with E-state index in [1.165, 1.54) is 0 Å². The van der Waals surface area contributed by atoms with Crippen molar-refractivity contribution in [1.29, 1.82) is 0 Å². The number of carbonyl (C=O) groups is 1. The van der Waals surface area contributed by atoms with Gasteiger partial charge in [-0.3, -0.25) is 4.79 Å². The zero-order valence-corrected chi connectivity index (χ0v) is 21.8. The normalized spacial score (nSPS) is 11.1. The third kappa shape index (κ3) is 7.20. The van der Waals surface area contributed by atoms with Crippen molar-refractivity contribution >= 4 is 17.1 Å². The van der Waals surface area contributed by atoms with Gasteiger partial charge in [0, 0.05) is 14.2 Å². The quantitative estimate of drug-likeness (QED) is 0.138. The van der Waals surface area contributed by atoms with Gasteiger partial charge in [0.05, 0.1) is 5.41 Å². The minimum Gasteiger partial charge on any atom is -0.468 e. The fourth-order valence-corrected chi connectivity index (χ4v) is 3.47. The molecule has 0 aliphatic rings. The average Bonchev–Trinajstić information content (AvgIpc) is 2.87. The van der Waals surface area contributed by atoms with Gasteiger partial charge in [-0.1, -0.05) is 36.4 Å². The maximum atomic E-state index is 12.2. The molecule has 0 unspecified atom stereocenters. The van der Waals surface area contributed by atoms with Crippen LogP contribution in [0.4, 0.5) is 0 Å². The standard InChI is InChI=1S/C30H34O6/c1-21(22-7-17-27(18-8-22)36-29(31)30(2,3)4)28(23-9-13-25(14-10-23)34-19-32-5)24-11-15-26(16-12-24)35-20-33-6/h7-18H,19-20H2,1-6H3. The van der Waals surface area contributed by atoms with Crippen LogP contribution < -0.4 is 14.2 Å². The van der Waals surface area contributed by atoms with Crippen molar-refractivity contribution in [2.75, 3.05) is 27.8 Å². The first-order valence-electron chi connectivity index (χ1n) is 11.7. The molecule has 190 valence electrons. The number of benzene rings is 3. The molecule has 36 heavy (non-hydrogen) atoms. The lowest BCUT2D eigenvalue weighted by Gasteiger charge is -2.17. The fourth-order valence-electron chi connectivity index (χ4n) is 3.47. The van der Waals surface area contributed by atoms with Crippen LogP contribution in [0.1, 0.15) is 44.4 Å². The van der Waals surface area contributed by atoms with E-state index in [0.717, 1.165) is 39.3 Å². The lowest BCUT2D eigenvalue weighted by atomic mass is 9.90. The van der Waals surface area contributed by atoms with Gasteiger partial charge in [0.15, 0.2) is 13.6 Å². The maximum absolute atomic E-state index is 12.2. The van der Waals surface area contributed by atoms with E-state index in [4.69, 9.17) is 23.7 Å². The zero-order chi connectivity index (χ0) is 26.1. The molecule has 6 nitrogen and oxygen atoms in total. The molecule has 0 radical (unpaired) electrons.